The van der Waals surface area contributed by atoms with E-state index in [0.717, 1.165) is 10.9 Å². The second-order valence-corrected chi connectivity index (χ2v) is 9.15. The van der Waals surface area contributed by atoms with Crippen LogP contribution in [-0.4, -0.2) is 34.8 Å². The third-order valence-electron chi connectivity index (χ3n) is 4.77. The minimum atomic E-state index is -1.06. The van der Waals surface area contributed by atoms with Crippen LogP contribution in [0.15, 0.2) is 82.4 Å². The van der Waals surface area contributed by atoms with Gasteiger partial charge in [0.2, 0.25) is 0 Å². The van der Waals surface area contributed by atoms with Gasteiger partial charge in [-0.1, -0.05) is 48.5 Å². The van der Waals surface area contributed by atoms with Gasteiger partial charge in [-0.25, -0.2) is 15.2 Å². The Labute approximate surface area is 217 Å². The molecule has 1 amide bonds. The number of nitrogens with one attached hydrogen (secondary N) is 1. The lowest BCUT2D eigenvalue weighted by Gasteiger charge is -2.10. The molecule has 34 heavy (non-hydrogen) atoms. The highest BCUT2D eigenvalue weighted by Crippen LogP contribution is 2.31. The van der Waals surface area contributed by atoms with Gasteiger partial charge in [0.15, 0.2) is 6.61 Å². The lowest BCUT2D eigenvalue weighted by Crippen LogP contribution is -2.18. The molecule has 0 aliphatic heterocycles. The third-order valence-corrected chi connectivity index (χ3v) is 6.16. The number of carbonyl (C=O) groups excluding carboxylic acids is 1. The molecular formula is C25H17BrIN3O4. The second-order valence-electron chi connectivity index (χ2n) is 7.13. The molecule has 0 unspecified atom stereocenters. The first-order valence-electron chi connectivity index (χ1n) is 10.0. The topological polar surface area (TPSA) is 101 Å². The van der Waals surface area contributed by atoms with Gasteiger partial charge in [-0.2, -0.15) is 5.10 Å². The smallest absolute Gasteiger partial charge is 0.341 e. The summed E-state index contributed by atoms with van der Waals surface area (Å²) in [5.74, 6) is -0.988. The molecule has 0 radical (unpaired) electrons. The summed E-state index contributed by atoms with van der Waals surface area (Å²) >= 11 is 5.43. The van der Waals surface area contributed by atoms with Gasteiger partial charge >= 0.3 is 5.97 Å². The molecule has 4 rings (SSSR count). The van der Waals surface area contributed by atoms with Crippen molar-refractivity contribution in [2.75, 3.05) is 6.61 Å². The molecule has 0 aliphatic rings. The molecule has 2 N–H and O–H groups in total. The first-order valence-corrected chi connectivity index (χ1v) is 11.9. The van der Waals surface area contributed by atoms with Crippen LogP contribution in [0.25, 0.3) is 22.2 Å². The number of benzene rings is 3. The molecule has 170 valence electrons. The number of amides is 1. The molecule has 9 heteroatoms. The van der Waals surface area contributed by atoms with Gasteiger partial charge in [0, 0.05) is 10.9 Å². The zero-order valence-electron chi connectivity index (χ0n) is 17.5. The predicted molar refractivity (Wildman–Crippen MR) is 142 cm³/mol. The Morgan fingerprint density at radius 2 is 1.82 bits per heavy atom. The van der Waals surface area contributed by atoms with Crippen molar-refractivity contribution in [1.29, 1.82) is 0 Å². The van der Waals surface area contributed by atoms with Crippen LogP contribution in [0.3, 0.4) is 0 Å². The Hall–Kier alpha value is -3.31. The summed E-state index contributed by atoms with van der Waals surface area (Å²) in [4.78, 5) is 28.5. The number of rotatable bonds is 7. The fraction of sp³-hybridized carbons (Fsp3) is 0.0400. The first kappa shape index (κ1) is 23.8. The minimum Gasteiger partial charge on any atom is -0.480 e. The predicted octanol–water partition coefficient (Wildman–Crippen LogP) is 5.50. The van der Waals surface area contributed by atoms with Crippen molar-refractivity contribution in [1.82, 2.24) is 10.4 Å². The van der Waals surface area contributed by atoms with E-state index in [1.54, 1.807) is 18.2 Å². The molecule has 0 spiro atoms. The number of para-hydroxylation sites is 1. The van der Waals surface area contributed by atoms with Crippen molar-refractivity contribution in [3.63, 3.8) is 0 Å². The SMILES string of the molecule is O=C(O)COc1c(Br)cc(/C=N/NC(=O)c2cc(-c3ccccc3)nc3ccccc23)cc1I. The summed E-state index contributed by atoms with van der Waals surface area (Å²) < 4.78 is 6.59. The first-order chi connectivity index (χ1) is 16.4. The number of halogens is 2. The number of carboxylic acid groups (broad SMARTS) is 1. The highest BCUT2D eigenvalue weighted by atomic mass is 127. The van der Waals surface area contributed by atoms with Crippen LogP contribution in [0.2, 0.25) is 0 Å². The van der Waals surface area contributed by atoms with Gasteiger partial charge in [0.1, 0.15) is 5.75 Å². The molecule has 4 aromatic rings. The van der Waals surface area contributed by atoms with Crippen molar-refractivity contribution in [2.24, 2.45) is 5.10 Å². The summed E-state index contributed by atoms with van der Waals surface area (Å²) in [5.41, 5.74) is 6.08. The molecule has 1 heterocycles. The van der Waals surface area contributed by atoms with E-state index >= 15 is 0 Å². The van der Waals surface area contributed by atoms with E-state index in [9.17, 15) is 9.59 Å². The highest BCUT2D eigenvalue weighted by molar-refractivity contribution is 14.1. The fourth-order valence-electron chi connectivity index (χ4n) is 3.27. The number of hydrazone groups is 1. The number of fused-ring (bicyclic) bond motifs is 1. The number of ether oxygens (including phenoxy) is 1. The number of carboxylic acids is 1. The van der Waals surface area contributed by atoms with E-state index in [4.69, 9.17) is 14.8 Å². The van der Waals surface area contributed by atoms with Crippen molar-refractivity contribution >= 4 is 67.5 Å². The quantitative estimate of drug-likeness (QED) is 0.160. The average molecular weight is 630 g/mol. The molecular weight excluding hydrogens is 613 g/mol. The molecule has 0 saturated carbocycles. The summed E-state index contributed by atoms with van der Waals surface area (Å²) in [6.07, 6.45) is 1.51. The minimum absolute atomic E-state index is 0.359. The number of hydrogen-bond donors (Lipinski definition) is 2. The molecule has 0 aliphatic carbocycles. The van der Waals surface area contributed by atoms with Crippen molar-refractivity contribution in [3.05, 3.63) is 92.0 Å². The maximum Gasteiger partial charge on any atom is 0.341 e. The molecule has 0 atom stereocenters. The maximum absolute atomic E-state index is 13.0. The summed E-state index contributed by atoms with van der Waals surface area (Å²) in [6, 6.07) is 22.4. The fourth-order valence-corrected chi connectivity index (χ4v) is 5.04. The van der Waals surface area contributed by atoms with Crippen molar-refractivity contribution in [3.8, 4) is 17.0 Å². The van der Waals surface area contributed by atoms with E-state index in [1.807, 2.05) is 77.2 Å². The monoisotopic (exact) mass is 629 g/mol. The van der Waals surface area contributed by atoms with Crippen molar-refractivity contribution in [2.45, 2.75) is 0 Å². The van der Waals surface area contributed by atoms with Gasteiger partial charge in [-0.05, 0) is 68.3 Å². The average Bonchev–Trinajstić information content (AvgIpc) is 2.83. The number of aromatic nitrogens is 1. The lowest BCUT2D eigenvalue weighted by atomic mass is 10.0. The van der Waals surface area contributed by atoms with Crippen molar-refractivity contribution < 1.29 is 19.4 Å². The van der Waals surface area contributed by atoms with Gasteiger partial charge in [-0.15, -0.1) is 0 Å². The maximum atomic E-state index is 13.0. The molecule has 1 aromatic heterocycles. The molecule has 0 fully saturated rings. The van der Waals surface area contributed by atoms with Crippen LogP contribution in [0.4, 0.5) is 0 Å². The summed E-state index contributed by atoms with van der Waals surface area (Å²) in [6.45, 7) is -0.442. The molecule has 7 nitrogen and oxygen atoms in total. The largest absolute Gasteiger partial charge is 0.480 e. The zero-order chi connectivity index (χ0) is 24.1. The Kier molecular flexibility index (Phi) is 7.53. The van der Waals surface area contributed by atoms with Crippen LogP contribution in [0.5, 0.6) is 5.75 Å². The van der Waals surface area contributed by atoms with E-state index < -0.39 is 12.6 Å². The number of carbonyl (C=O) groups is 2. The Morgan fingerprint density at radius 1 is 1.09 bits per heavy atom. The number of hydrogen-bond acceptors (Lipinski definition) is 5. The van der Waals surface area contributed by atoms with Gasteiger partial charge in [0.25, 0.3) is 5.91 Å². The van der Waals surface area contributed by atoms with Crippen LogP contribution < -0.4 is 10.2 Å². The van der Waals surface area contributed by atoms with E-state index in [1.165, 1.54) is 6.21 Å². The van der Waals surface area contributed by atoms with Gasteiger partial charge < -0.3 is 9.84 Å². The van der Waals surface area contributed by atoms with Crippen LogP contribution >= 0.6 is 38.5 Å². The second kappa shape index (κ2) is 10.7. The number of pyridine rings is 1. The van der Waals surface area contributed by atoms with E-state index in [0.29, 0.717) is 36.1 Å². The molecule has 0 saturated heterocycles. The van der Waals surface area contributed by atoms with Crippen LogP contribution in [-0.2, 0) is 4.79 Å². The Morgan fingerprint density at radius 3 is 2.56 bits per heavy atom. The molecule has 0 bridgehead atoms. The summed E-state index contributed by atoms with van der Waals surface area (Å²) in [5, 5.41) is 13.7. The van der Waals surface area contributed by atoms with Gasteiger partial charge in [-0.3, -0.25) is 4.79 Å². The highest BCUT2D eigenvalue weighted by Gasteiger charge is 2.14. The zero-order valence-corrected chi connectivity index (χ0v) is 21.3. The Balaban J connectivity index is 1.57. The third kappa shape index (κ3) is 5.60. The standard InChI is InChI=1S/C25H17BrIN3O4/c26-19-10-15(11-20(27)24(19)34-14-23(31)32)13-28-30-25(33)18-12-22(16-6-2-1-3-7-16)29-21-9-5-4-8-17(18)21/h1-13H,14H2,(H,30,33)(H,31,32)/b28-13+. The Bertz CT molecular complexity index is 1390. The number of nitrogens with zero attached hydrogens (tertiary/aromatic N) is 2. The summed E-state index contributed by atoms with van der Waals surface area (Å²) in [7, 11) is 0. The lowest BCUT2D eigenvalue weighted by molar-refractivity contribution is -0.139. The normalized spacial score (nSPS) is 11.0. The van der Waals surface area contributed by atoms with Gasteiger partial charge in [0.05, 0.1) is 31.0 Å². The van der Waals surface area contributed by atoms with Crippen LogP contribution in [0.1, 0.15) is 15.9 Å². The van der Waals surface area contributed by atoms with E-state index in [-0.39, 0.29) is 5.91 Å². The number of aliphatic carboxylic acids is 1. The van der Waals surface area contributed by atoms with E-state index in [2.05, 4.69) is 26.5 Å². The van der Waals surface area contributed by atoms with Crippen LogP contribution in [0, 0.1) is 3.57 Å². The molecule has 3 aromatic carbocycles.